The topological polar surface area (TPSA) is 89.2 Å². The van der Waals surface area contributed by atoms with Gasteiger partial charge in [0.2, 0.25) is 5.91 Å². The second-order valence-corrected chi connectivity index (χ2v) is 7.99. The summed E-state index contributed by atoms with van der Waals surface area (Å²) < 4.78 is 13.5. The first-order valence-corrected chi connectivity index (χ1v) is 10.6. The average Bonchev–Trinajstić information content (AvgIpc) is 2.79. The molecular formula is C24H25FN4O2. The number of amides is 2. The van der Waals surface area contributed by atoms with Crippen molar-refractivity contribution in [2.75, 3.05) is 13.1 Å². The van der Waals surface area contributed by atoms with Crippen molar-refractivity contribution in [1.29, 1.82) is 0 Å². The number of likely N-dealkylation sites (tertiary alicyclic amines) is 1. The number of aromatic nitrogens is 2. The zero-order valence-electron chi connectivity index (χ0n) is 17.3. The summed E-state index contributed by atoms with van der Waals surface area (Å²) in [6.07, 6.45) is 7.14. The highest BCUT2D eigenvalue weighted by Crippen LogP contribution is 2.31. The standard InChI is InChI=1S/C24H25FN4O2/c25-19-4-5-21-18(14-19)15-20(24(26)31)23(28-21)17-8-12-29(13-9-17)22(30)3-1-2-16-6-10-27-11-7-16/h4-7,10-11,14-15,17H,1-3,8-9,12-13H2,(H2,26,31). The summed E-state index contributed by atoms with van der Waals surface area (Å²) in [4.78, 5) is 35.2. The summed E-state index contributed by atoms with van der Waals surface area (Å²) in [6, 6.07) is 9.89. The lowest BCUT2D eigenvalue weighted by Crippen LogP contribution is -2.38. The van der Waals surface area contributed by atoms with Crippen LogP contribution in [0.25, 0.3) is 10.9 Å². The maximum atomic E-state index is 13.5. The minimum Gasteiger partial charge on any atom is -0.366 e. The minimum atomic E-state index is -0.566. The normalized spacial score (nSPS) is 14.7. The molecule has 1 saturated heterocycles. The molecule has 1 aliphatic heterocycles. The predicted octanol–water partition coefficient (Wildman–Crippen LogP) is 3.60. The second-order valence-electron chi connectivity index (χ2n) is 7.99. The third kappa shape index (κ3) is 4.87. The predicted molar refractivity (Wildman–Crippen MR) is 116 cm³/mol. The molecule has 6 nitrogen and oxygen atoms in total. The highest BCUT2D eigenvalue weighted by atomic mass is 19.1. The van der Waals surface area contributed by atoms with Crippen molar-refractivity contribution < 1.29 is 14.0 Å². The molecule has 0 unspecified atom stereocenters. The monoisotopic (exact) mass is 420 g/mol. The van der Waals surface area contributed by atoms with E-state index in [2.05, 4.69) is 9.97 Å². The number of hydrogen-bond donors (Lipinski definition) is 1. The van der Waals surface area contributed by atoms with Crippen molar-refractivity contribution in [2.24, 2.45) is 5.73 Å². The molecule has 7 heteroatoms. The van der Waals surface area contributed by atoms with Crippen LogP contribution in [-0.4, -0.2) is 39.8 Å². The van der Waals surface area contributed by atoms with Crippen LogP contribution in [0.1, 0.15) is 53.2 Å². The number of hydrogen-bond acceptors (Lipinski definition) is 4. The first-order chi connectivity index (χ1) is 15.0. The molecular weight excluding hydrogens is 395 g/mol. The van der Waals surface area contributed by atoms with Crippen LogP contribution >= 0.6 is 0 Å². The smallest absolute Gasteiger partial charge is 0.250 e. The molecule has 0 atom stereocenters. The van der Waals surface area contributed by atoms with E-state index in [9.17, 15) is 14.0 Å². The fraction of sp³-hybridized carbons (Fsp3) is 0.333. The number of carbonyl (C=O) groups is 2. The molecule has 0 saturated carbocycles. The zero-order valence-corrected chi connectivity index (χ0v) is 17.3. The van der Waals surface area contributed by atoms with Gasteiger partial charge >= 0.3 is 0 Å². The quantitative estimate of drug-likeness (QED) is 0.660. The summed E-state index contributed by atoms with van der Waals surface area (Å²) in [7, 11) is 0. The number of rotatable bonds is 6. The van der Waals surface area contributed by atoms with Crippen molar-refractivity contribution in [1.82, 2.24) is 14.9 Å². The van der Waals surface area contributed by atoms with E-state index in [-0.39, 0.29) is 17.6 Å². The molecule has 3 aromatic rings. The number of primary amides is 1. The van der Waals surface area contributed by atoms with Gasteiger partial charge in [0.1, 0.15) is 5.82 Å². The van der Waals surface area contributed by atoms with Crippen LogP contribution in [0.5, 0.6) is 0 Å². The Morgan fingerprint density at radius 1 is 1.10 bits per heavy atom. The molecule has 2 aromatic heterocycles. The van der Waals surface area contributed by atoms with Gasteiger partial charge < -0.3 is 10.6 Å². The summed E-state index contributed by atoms with van der Waals surface area (Å²) in [5.74, 6) is -0.751. The number of nitrogens with zero attached hydrogens (tertiary/aromatic N) is 3. The van der Waals surface area contributed by atoms with Crippen LogP contribution < -0.4 is 5.73 Å². The molecule has 160 valence electrons. The number of benzene rings is 1. The molecule has 0 bridgehead atoms. The third-order valence-corrected chi connectivity index (χ3v) is 5.91. The van der Waals surface area contributed by atoms with E-state index in [4.69, 9.17) is 5.73 Å². The van der Waals surface area contributed by atoms with Crippen LogP contribution in [0.3, 0.4) is 0 Å². The Kier molecular flexibility index (Phi) is 6.21. The van der Waals surface area contributed by atoms with E-state index in [1.54, 1.807) is 24.5 Å². The van der Waals surface area contributed by atoms with Crippen LogP contribution in [0, 0.1) is 5.82 Å². The van der Waals surface area contributed by atoms with Crippen molar-refractivity contribution in [3.8, 4) is 0 Å². The number of aryl methyl sites for hydroxylation is 1. The fourth-order valence-electron chi connectivity index (χ4n) is 4.22. The van der Waals surface area contributed by atoms with Crippen LogP contribution in [0.4, 0.5) is 4.39 Å². The Morgan fingerprint density at radius 3 is 2.55 bits per heavy atom. The number of nitrogens with two attached hydrogens (primary N) is 1. The molecule has 2 N–H and O–H groups in total. The molecule has 2 amide bonds. The van der Waals surface area contributed by atoms with Crippen LogP contribution in [0.2, 0.25) is 0 Å². The molecule has 1 aliphatic rings. The third-order valence-electron chi connectivity index (χ3n) is 5.91. The van der Waals surface area contributed by atoms with Gasteiger partial charge in [-0.15, -0.1) is 0 Å². The van der Waals surface area contributed by atoms with Gasteiger partial charge in [0.05, 0.1) is 16.8 Å². The number of piperidine rings is 1. The summed E-state index contributed by atoms with van der Waals surface area (Å²) in [5.41, 5.74) is 8.39. The van der Waals surface area contributed by atoms with Gasteiger partial charge in [-0.3, -0.25) is 19.6 Å². The number of fused-ring (bicyclic) bond motifs is 1. The SMILES string of the molecule is NC(=O)c1cc2cc(F)ccc2nc1C1CCN(C(=O)CCCc2ccncc2)CC1. The fourth-order valence-corrected chi connectivity index (χ4v) is 4.22. The van der Waals surface area contributed by atoms with Crippen LogP contribution in [0.15, 0.2) is 48.8 Å². The Labute approximate surface area is 180 Å². The first kappa shape index (κ1) is 20.9. The van der Waals surface area contributed by atoms with Gasteiger partial charge in [0.25, 0.3) is 5.91 Å². The van der Waals surface area contributed by atoms with Gasteiger partial charge in [-0.2, -0.15) is 0 Å². The molecule has 4 rings (SSSR count). The van der Waals surface area contributed by atoms with E-state index < -0.39 is 5.91 Å². The Morgan fingerprint density at radius 2 is 1.84 bits per heavy atom. The molecule has 0 aliphatic carbocycles. The molecule has 1 fully saturated rings. The summed E-state index contributed by atoms with van der Waals surface area (Å²) in [6.45, 7) is 1.25. The maximum absolute atomic E-state index is 13.5. The number of carbonyl (C=O) groups excluding carboxylic acids is 2. The van der Waals surface area contributed by atoms with Gasteiger partial charge in [-0.1, -0.05) is 0 Å². The lowest BCUT2D eigenvalue weighted by molar-refractivity contribution is -0.132. The average molecular weight is 420 g/mol. The summed E-state index contributed by atoms with van der Waals surface area (Å²) in [5, 5.41) is 0.555. The highest BCUT2D eigenvalue weighted by Gasteiger charge is 2.27. The molecule has 31 heavy (non-hydrogen) atoms. The van der Waals surface area contributed by atoms with Crippen molar-refractivity contribution in [3.05, 3.63) is 71.4 Å². The largest absolute Gasteiger partial charge is 0.366 e. The lowest BCUT2D eigenvalue weighted by atomic mass is 9.89. The van der Waals surface area contributed by atoms with E-state index in [0.717, 1.165) is 25.7 Å². The number of halogens is 1. The van der Waals surface area contributed by atoms with E-state index in [1.165, 1.54) is 17.7 Å². The van der Waals surface area contributed by atoms with E-state index in [1.807, 2.05) is 17.0 Å². The van der Waals surface area contributed by atoms with Gasteiger partial charge in [0, 0.05) is 43.2 Å². The van der Waals surface area contributed by atoms with Crippen molar-refractivity contribution in [3.63, 3.8) is 0 Å². The molecule has 0 radical (unpaired) electrons. The second kappa shape index (κ2) is 9.20. The summed E-state index contributed by atoms with van der Waals surface area (Å²) >= 11 is 0. The zero-order chi connectivity index (χ0) is 21.8. The highest BCUT2D eigenvalue weighted by molar-refractivity contribution is 5.97. The molecule has 0 spiro atoms. The molecule has 3 heterocycles. The van der Waals surface area contributed by atoms with Crippen molar-refractivity contribution >= 4 is 22.7 Å². The first-order valence-electron chi connectivity index (χ1n) is 10.6. The maximum Gasteiger partial charge on any atom is 0.250 e. The Balaban J connectivity index is 1.39. The minimum absolute atomic E-state index is 0.0396. The number of pyridine rings is 2. The van der Waals surface area contributed by atoms with E-state index >= 15 is 0 Å². The molecule has 1 aromatic carbocycles. The lowest BCUT2D eigenvalue weighted by Gasteiger charge is -2.32. The Bertz CT molecular complexity index is 1100. The van der Waals surface area contributed by atoms with Gasteiger partial charge in [-0.25, -0.2) is 4.39 Å². The Hall–Kier alpha value is -3.35. The van der Waals surface area contributed by atoms with Crippen LogP contribution in [-0.2, 0) is 11.2 Å². The van der Waals surface area contributed by atoms with Crippen molar-refractivity contribution in [2.45, 2.75) is 38.0 Å². The van der Waals surface area contributed by atoms with Gasteiger partial charge in [0.15, 0.2) is 0 Å². The van der Waals surface area contributed by atoms with E-state index in [0.29, 0.717) is 41.7 Å². The van der Waals surface area contributed by atoms with Gasteiger partial charge in [-0.05, 0) is 67.6 Å².